The first kappa shape index (κ1) is 15.8. The van der Waals surface area contributed by atoms with Gasteiger partial charge in [-0.3, -0.25) is 0 Å². The number of ether oxygens (including phenoxy) is 1. The number of likely N-dealkylation sites (tertiary alicyclic amines) is 1. The normalized spacial score (nSPS) is 16.8. The first-order chi connectivity index (χ1) is 10.8. The van der Waals surface area contributed by atoms with Crippen LogP contribution < -0.4 is 0 Å². The minimum atomic E-state index is -0.443. The zero-order chi connectivity index (χ0) is 16.6. The number of H-pyrrole nitrogens is 1. The SMILES string of the molecule is Cc1ncnc2[nH]c(C3CCN(C(=O)OC(C)(C)C)CC3)cc12. The predicted molar refractivity (Wildman–Crippen MR) is 88.4 cm³/mol. The molecule has 1 N–H and O–H groups in total. The summed E-state index contributed by atoms with van der Waals surface area (Å²) in [7, 11) is 0. The van der Waals surface area contributed by atoms with Gasteiger partial charge in [-0.05, 0) is 46.6 Å². The molecule has 23 heavy (non-hydrogen) atoms. The Morgan fingerprint density at radius 3 is 2.61 bits per heavy atom. The number of carbonyl (C=O) groups is 1. The fraction of sp³-hybridized carbons (Fsp3) is 0.588. The predicted octanol–water partition coefficient (Wildman–Crippen LogP) is 3.38. The number of hydrogen-bond acceptors (Lipinski definition) is 4. The molecule has 1 fully saturated rings. The third kappa shape index (κ3) is 3.46. The summed E-state index contributed by atoms with van der Waals surface area (Å²) in [4.78, 5) is 25.8. The molecule has 0 spiro atoms. The molecule has 2 aromatic rings. The van der Waals surface area contributed by atoms with Gasteiger partial charge < -0.3 is 14.6 Å². The number of rotatable bonds is 1. The number of nitrogens with one attached hydrogen (secondary N) is 1. The van der Waals surface area contributed by atoms with Gasteiger partial charge >= 0.3 is 6.09 Å². The summed E-state index contributed by atoms with van der Waals surface area (Å²) in [6.07, 6.45) is 3.23. The number of aromatic nitrogens is 3. The number of carbonyl (C=O) groups excluding carboxylic acids is 1. The van der Waals surface area contributed by atoms with Crippen molar-refractivity contribution in [2.75, 3.05) is 13.1 Å². The smallest absolute Gasteiger partial charge is 0.410 e. The first-order valence-electron chi connectivity index (χ1n) is 8.11. The van der Waals surface area contributed by atoms with Gasteiger partial charge in [-0.25, -0.2) is 14.8 Å². The first-order valence-corrected chi connectivity index (χ1v) is 8.11. The Labute approximate surface area is 136 Å². The van der Waals surface area contributed by atoms with E-state index < -0.39 is 5.60 Å². The molecule has 1 amide bonds. The molecule has 3 rings (SSSR count). The molecule has 1 aliphatic rings. The van der Waals surface area contributed by atoms with Crippen LogP contribution in [0.1, 0.15) is 50.9 Å². The van der Waals surface area contributed by atoms with Crippen molar-refractivity contribution < 1.29 is 9.53 Å². The van der Waals surface area contributed by atoms with Gasteiger partial charge in [0.25, 0.3) is 0 Å². The van der Waals surface area contributed by atoms with Crippen molar-refractivity contribution in [3.8, 4) is 0 Å². The monoisotopic (exact) mass is 316 g/mol. The molecule has 0 aromatic carbocycles. The molecule has 2 aromatic heterocycles. The molecule has 6 heteroatoms. The molecule has 0 unspecified atom stereocenters. The van der Waals surface area contributed by atoms with E-state index >= 15 is 0 Å². The van der Waals surface area contributed by atoms with Crippen molar-refractivity contribution in [3.63, 3.8) is 0 Å². The van der Waals surface area contributed by atoms with Crippen molar-refractivity contribution >= 4 is 17.1 Å². The number of piperidine rings is 1. The second-order valence-electron chi connectivity index (χ2n) is 7.19. The molecule has 1 saturated heterocycles. The lowest BCUT2D eigenvalue weighted by Gasteiger charge is -2.33. The van der Waals surface area contributed by atoms with Gasteiger partial charge in [0.1, 0.15) is 17.6 Å². The topological polar surface area (TPSA) is 71.1 Å². The van der Waals surface area contributed by atoms with E-state index in [2.05, 4.69) is 21.0 Å². The van der Waals surface area contributed by atoms with Crippen LogP contribution in [0.25, 0.3) is 11.0 Å². The van der Waals surface area contributed by atoms with Crippen LogP contribution in [0.2, 0.25) is 0 Å². The molecule has 0 aliphatic carbocycles. The van der Waals surface area contributed by atoms with Gasteiger partial charge in [-0.1, -0.05) is 0 Å². The highest BCUT2D eigenvalue weighted by atomic mass is 16.6. The average Bonchev–Trinajstić information content (AvgIpc) is 2.91. The Morgan fingerprint density at radius 2 is 2.00 bits per heavy atom. The van der Waals surface area contributed by atoms with E-state index in [1.165, 1.54) is 5.69 Å². The number of fused-ring (bicyclic) bond motifs is 1. The summed E-state index contributed by atoms with van der Waals surface area (Å²) in [6, 6.07) is 2.15. The van der Waals surface area contributed by atoms with Crippen LogP contribution >= 0.6 is 0 Å². The number of aryl methyl sites for hydroxylation is 1. The van der Waals surface area contributed by atoms with Crippen molar-refractivity contribution in [1.82, 2.24) is 19.9 Å². The second-order valence-corrected chi connectivity index (χ2v) is 7.19. The van der Waals surface area contributed by atoms with Crippen molar-refractivity contribution in [3.05, 3.63) is 23.8 Å². The van der Waals surface area contributed by atoms with Gasteiger partial charge in [-0.2, -0.15) is 0 Å². The number of nitrogens with zero attached hydrogens (tertiary/aromatic N) is 3. The van der Waals surface area contributed by atoms with Gasteiger partial charge in [0.05, 0.1) is 5.69 Å². The van der Waals surface area contributed by atoms with Crippen molar-refractivity contribution in [2.24, 2.45) is 0 Å². The standard InChI is InChI=1S/C17H24N4O2/c1-11-13-9-14(20-15(13)19-10-18-11)12-5-7-21(8-6-12)16(22)23-17(2,3)4/h9-10,12H,5-8H2,1-4H3,(H,18,19,20). The highest BCUT2D eigenvalue weighted by molar-refractivity contribution is 5.78. The number of amides is 1. The lowest BCUT2D eigenvalue weighted by Crippen LogP contribution is -2.41. The van der Waals surface area contributed by atoms with Crippen molar-refractivity contribution in [1.29, 1.82) is 0 Å². The molecule has 6 nitrogen and oxygen atoms in total. The minimum Gasteiger partial charge on any atom is -0.444 e. The molecule has 0 bridgehead atoms. The summed E-state index contributed by atoms with van der Waals surface area (Å²) in [5, 5.41) is 1.08. The highest BCUT2D eigenvalue weighted by Crippen LogP contribution is 2.30. The average molecular weight is 316 g/mol. The Kier molecular flexibility index (Phi) is 4.00. The van der Waals surface area contributed by atoms with E-state index in [-0.39, 0.29) is 6.09 Å². The Hall–Kier alpha value is -2.11. The molecule has 3 heterocycles. The zero-order valence-corrected chi connectivity index (χ0v) is 14.2. The van der Waals surface area contributed by atoms with Gasteiger partial charge in [0.2, 0.25) is 0 Å². The molecule has 0 saturated carbocycles. The summed E-state index contributed by atoms with van der Waals surface area (Å²) >= 11 is 0. The van der Waals surface area contributed by atoms with Gasteiger partial charge in [0.15, 0.2) is 0 Å². The lowest BCUT2D eigenvalue weighted by atomic mass is 9.94. The van der Waals surface area contributed by atoms with Gasteiger partial charge in [0, 0.05) is 30.1 Å². The van der Waals surface area contributed by atoms with Gasteiger partial charge in [-0.15, -0.1) is 0 Å². The Bertz CT molecular complexity index is 709. The number of aromatic amines is 1. The third-order valence-corrected chi connectivity index (χ3v) is 4.23. The maximum absolute atomic E-state index is 12.1. The molecule has 1 aliphatic heterocycles. The van der Waals surface area contributed by atoms with Crippen molar-refractivity contribution in [2.45, 2.75) is 52.1 Å². The maximum atomic E-state index is 12.1. The van der Waals surface area contributed by atoms with E-state index in [1.54, 1.807) is 11.2 Å². The quantitative estimate of drug-likeness (QED) is 0.875. The van der Waals surface area contributed by atoms with E-state index in [1.807, 2.05) is 27.7 Å². The fourth-order valence-corrected chi connectivity index (χ4v) is 3.00. The van der Waals surface area contributed by atoms with E-state index in [4.69, 9.17) is 4.74 Å². The van der Waals surface area contributed by atoms with Crippen LogP contribution in [0.5, 0.6) is 0 Å². The van der Waals surface area contributed by atoms with Crippen LogP contribution in [0.4, 0.5) is 4.79 Å². The molecule has 0 radical (unpaired) electrons. The van der Waals surface area contributed by atoms with Crippen LogP contribution in [0, 0.1) is 6.92 Å². The third-order valence-electron chi connectivity index (χ3n) is 4.23. The van der Waals surface area contributed by atoms with Crippen LogP contribution in [0.3, 0.4) is 0 Å². The van der Waals surface area contributed by atoms with Crippen LogP contribution in [-0.2, 0) is 4.74 Å². The lowest BCUT2D eigenvalue weighted by molar-refractivity contribution is 0.0204. The van der Waals surface area contributed by atoms with Crippen LogP contribution in [0.15, 0.2) is 12.4 Å². The molecule has 124 valence electrons. The Morgan fingerprint density at radius 1 is 1.30 bits per heavy atom. The summed E-state index contributed by atoms with van der Waals surface area (Å²) in [5.74, 6) is 0.419. The van der Waals surface area contributed by atoms with E-state index in [0.717, 1.165) is 42.7 Å². The zero-order valence-electron chi connectivity index (χ0n) is 14.2. The summed E-state index contributed by atoms with van der Waals surface area (Å²) in [5.41, 5.74) is 2.62. The fourth-order valence-electron chi connectivity index (χ4n) is 3.00. The van der Waals surface area contributed by atoms with E-state index in [9.17, 15) is 4.79 Å². The number of hydrogen-bond donors (Lipinski definition) is 1. The summed E-state index contributed by atoms with van der Waals surface area (Å²) in [6.45, 7) is 9.12. The minimum absolute atomic E-state index is 0.214. The molecular weight excluding hydrogens is 292 g/mol. The highest BCUT2D eigenvalue weighted by Gasteiger charge is 2.28. The largest absolute Gasteiger partial charge is 0.444 e. The maximum Gasteiger partial charge on any atom is 0.410 e. The Balaban J connectivity index is 1.66. The van der Waals surface area contributed by atoms with Crippen LogP contribution in [-0.4, -0.2) is 44.6 Å². The molecular formula is C17H24N4O2. The molecule has 0 atom stereocenters. The van der Waals surface area contributed by atoms with E-state index in [0.29, 0.717) is 5.92 Å². The second kappa shape index (κ2) is 5.83. The summed E-state index contributed by atoms with van der Waals surface area (Å²) < 4.78 is 5.44.